The number of nitrogens with one attached hydrogen (secondary N) is 1. The van der Waals surface area contributed by atoms with E-state index in [1.807, 2.05) is 0 Å². The molecule has 0 aromatic carbocycles. The molecule has 0 bridgehead atoms. The predicted octanol–water partition coefficient (Wildman–Crippen LogP) is 4.02. The van der Waals surface area contributed by atoms with E-state index < -0.39 is 5.97 Å². The van der Waals surface area contributed by atoms with Crippen LogP contribution in [0.15, 0.2) is 0 Å². The summed E-state index contributed by atoms with van der Waals surface area (Å²) in [6.07, 6.45) is 6.20. The number of carbonyl (C=O) groups is 2. The first-order valence-electron chi connectivity index (χ1n) is 9.65. The quantitative estimate of drug-likeness (QED) is 0.830. The third-order valence-corrected chi connectivity index (χ3v) is 6.94. The Hall–Kier alpha value is -1.40. The Morgan fingerprint density at radius 1 is 1.23 bits per heavy atom. The second-order valence-corrected chi connectivity index (χ2v) is 9.81. The minimum atomic E-state index is -0.926. The smallest absolute Gasteiger partial charge is 0.339 e. The minimum absolute atomic E-state index is 0.0969. The van der Waals surface area contributed by atoms with Crippen LogP contribution in [0.4, 0.5) is 5.00 Å². The average molecular weight is 379 g/mol. The lowest BCUT2D eigenvalue weighted by Gasteiger charge is -2.33. The summed E-state index contributed by atoms with van der Waals surface area (Å²) in [6.45, 7) is 8.99. The molecule has 0 spiro atoms. The van der Waals surface area contributed by atoms with Crippen LogP contribution in [-0.4, -0.2) is 41.5 Å². The van der Waals surface area contributed by atoms with Crippen LogP contribution in [0.25, 0.3) is 0 Å². The number of anilines is 1. The second kappa shape index (κ2) is 7.69. The largest absolute Gasteiger partial charge is 0.478 e. The van der Waals surface area contributed by atoms with E-state index in [1.165, 1.54) is 17.8 Å². The van der Waals surface area contributed by atoms with E-state index in [9.17, 15) is 14.7 Å². The zero-order chi connectivity index (χ0) is 18.9. The lowest BCUT2D eigenvalue weighted by atomic mass is 9.72. The number of likely N-dealkylation sites (tertiary alicyclic amines) is 1. The van der Waals surface area contributed by atoms with E-state index in [0.29, 0.717) is 23.0 Å². The van der Waals surface area contributed by atoms with Crippen LogP contribution in [-0.2, 0) is 17.6 Å². The summed E-state index contributed by atoms with van der Waals surface area (Å²) in [6, 6.07) is 0. The topological polar surface area (TPSA) is 69.6 Å². The molecule has 6 heteroatoms. The van der Waals surface area contributed by atoms with Crippen molar-refractivity contribution in [2.45, 2.75) is 59.3 Å². The van der Waals surface area contributed by atoms with Gasteiger partial charge in [0.25, 0.3) is 0 Å². The second-order valence-electron chi connectivity index (χ2n) is 8.70. The predicted molar refractivity (Wildman–Crippen MR) is 105 cm³/mol. The SMILES string of the molecule is CC(C)(C)C1CCc2c(sc(NC(=O)CN3CCCCC3)c2C(=O)O)C1. The fourth-order valence-electron chi connectivity index (χ4n) is 4.13. The maximum Gasteiger partial charge on any atom is 0.339 e. The van der Waals surface area contributed by atoms with Gasteiger partial charge < -0.3 is 10.4 Å². The highest BCUT2D eigenvalue weighted by molar-refractivity contribution is 7.17. The lowest BCUT2D eigenvalue weighted by molar-refractivity contribution is -0.117. The maximum atomic E-state index is 12.5. The molecular weight excluding hydrogens is 348 g/mol. The summed E-state index contributed by atoms with van der Waals surface area (Å²) in [5.41, 5.74) is 1.48. The number of nitrogens with zero attached hydrogens (tertiary/aromatic N) is 1. The first-order chi connectivity index (χ1) is 12.3. The number of hydrogen-bond donors (Lipinski definition) is 2. The Bertz CT molecular complexity index is 684. The van der Waals surface area contributed by atoms with Crippen LogP contribution in [0, 0.1) is 11.3 Å². The summed E-state index contributed by atoms with van der Waals surface area (Å²) < 4.78 is 0. The van der Waals surface area contributed by atoms with E-state index in [2.05, 4.69) is 31.0 Å². The Kier molecular flexibility index (Phi) is 5.72. The maximum absolute atomic E-state index is 12.5. The molecule has 5 nitrogen and oxygen atoms in total. The van der Waals surface area contributed by atoms with Crippen molar-refractivity contribution in [3.05, 3.63) is 16.0 Å². The van der Waals surface area contributed by atoms with Crippen LogP contribution in [0.2, 0.25) is 0 Å². The highest BCUT2D eigenvalue weighted by Crippen LogP contribution is 2.44. The molecule has 1 saturated heterocycles. The van der Waals surface area contributed by atoms with Gasteiger partial charge in [0.1, 0.15) is 5.00 Å². The van der Waals surface area contributed by atoms with E-state index >= 15 is 0 Å². The van der Waals surface area contributed by atoms with Crippen molar-refractivity contribution in [2.24, 2.45) is 11.3 Å². The highest BCUT2D eigenvalue weighted by atomic mass is 32.1. The van der Waals surface area contributed by atoms with Crippen molar-refractivity contribution in [3.8, 4) is 0 Å². The average Bonchev–Trinajstić information content (AvgIpc) is 2.91. The molecule has 26 heavy (non-hydrogen) atoms. The molecule has 1 atom stereocenters. The Balaban J connectivity index is 1.76. The normalized spacial score (nSPS) is 21.3. The van der Waals surface area contributed by atoms with Gasteiger partial charge in [0.15, 0.2) is 0 Å². The molecule has 1 aromatic rings. The molecule has 1 aliphatic heterocycles. The minimum Gasteiger partial charge on any atom is -0.478 e. The molecule has 2 heterocycles. The summed E-state index contributed by atoms with van der Waals surface area (Å²) in [5, 5.41) is 13.1. The van der Waals surface area contributed by atoms with E-state index in [0.717, 1.165) is 55.6 Å². The molecule has 2 N–H and O–H groups in total. The van der Waals surface area contributed by atoms with Gasteiger partial charge in [-0.15, -0.1) is 11.3 Å². The summed E-state index contributed by atoms with van der Waals surface area (Å²) in [5.74, 6) is -0.474. The van der Waals surface area contributed by atoms with Gasteiger partial charge in [-0.05, 0) is 62.1 Å². The van der Waals surface area contributed by atoms with E-state index in [4.69, 9.17) is 0 Å². The van der Waals surface area contributed by atoms with E-state index in [-0.39, 0.29) is 11.3 Å². The number of piperidine rings is 1. The zero-order valence-electron chi connectivity index (χ0n) is 16.1. The van der Waals surface area contributed by atoms with Gasteiger partial charge in [0.2, 0.25) is 5.91 Å². The molecule has 1 fully saturated rings. The van der Waals surface area contributed by atoms with Crippen molar-refractivity contribution in [1.29, 1.82) is 0 Å². The number of carboxylic acid groups (broad SMARTS) is 1. The monoisotopic (exact) mass is 378 g/mol. The van der Waals surface area contributed by atoms with Crippen molar-refractivity contribution >= 4 is 28.2 Å². The molecule has 144 valence electrons. The third kappa shape index (κ3) is 4.29. The van der Waals surface area contributed by atoms with Crippen LogP contribution in [0.3, 0.4) is 0 Å². The number of amides is 1. The number of carbonyl (C=O) groups excluding carboxylic acids is 1. The molecule has 2 aliphatic rings. The molecule has 0 radical (unpaired) electrons. The van der Waals surface area contributed by atoms with Gasteiger partial charge in [0.05, 0.1) is 12.1 Å². The van der Waals surface area contributed by atoms with Crippen LogP contribution in [0.5, 0.6) is 0 Å². The van der Waals surface area contributed by atoms with Crippen molar-refractivity contribution in [2.75, 3.05) is 25.0 Å². The van der Waals surface area contributed by atoms with Crippen LogP contribution < -0.4 is 5.32 Å². The number of aromatic carboxylic acids is 1. The van der Waals surface area contributed by atoms with Gasteiger partial charge in [-0.3, -0.25) is 9.69 Å². The van der Waals surface area contributed by atoms with Crippen LogP contribution in [0.1, 0.15) is 67.3 Å². The third-order valence-electron chi connectivity index (χ3n) is 5.77. The first-order valence-corrected chi connectivity index (χ1v) is 10.5. The molecule has 1 amide bonds. The number of thiophene rings is 1. The molecular formula is C20H30N2O3S. The fourth-order valence-corrected chi connectivity index (χ4v) is 5.46. The summed E-state index contributed by atoms with van der Waals surface area (Å²) in [7, 11) is 0. The van der Waals surface area contributed by atoms with Gasteiger partial charge in [0, 0.05) is 4.88 Å². The lowest BCUT2D eigenvalue weighted by Crippen LogP contribution is -2.36. The van der Waals surface area contributed by atoms with E-state index in [1.54, 1.807) is 0 Å². The zero-order valence-corrected chi connectivity index (χ0v) is 16.9. The Labute approximate surface area is 159 Å². The fraction of sp³-hybridized carbons (Fsp3) is 0.700. The van der Waals surface area contributed by atoms with Crippen molar-refractivity contribution in [1.82, 2.24) is 4.90 Å². The highest BCUT2D eigenvalue weighted by Gasteiger charge is 2.34. The van der Waals surface area contributed by atoms with Crippen molar-refractivity contribution in [3.63, 3.8) is 0 Å². The Morgan fingerprint density at radius 2 is 1.92 bits per heavy atom. The first kappa shape index (κ1) is 19.4. The van der Waals surface area contributed by atoms with Crippen molar-refractivity contribution < 1.29 is 14.7 Å². The molecule has 1 aliphatic carbocycles. The van der Waals surface area contributed by atoms with Gasteiger partial charge in [-0.1, -0.05) is 27.2 Å². The van der Waals surface area contributed by atoms with Crippen LogP contribution >= 0.6 is 11.3 Å². The molecule has 1 unspecified atom stereocenters. The molecule has 0 saturated carbocycles. The molecule has 1 aromatic heterocycles. The number of rotatable bonds is 4. The van der Waals surface area contributed by atoms with Gasteiger partial charge in [-0.25, -0.2) is 4.79 Å². The Morgan fingerprint density at radius 3 is 2.54 bits per heavy atom. The van der Waals surface area contributed by atoms with Gasteiger partial charge in [-0.2, -0.15) is 0 Å². The standard InChI is InChI=1S/C20H30N2O3S/c1-20(2,3)13-7-8-14-15(11-13)26-18(17(14)19(24)25)21-16(23)12-22-9-5-4-6-10-22/h13H,4-12H2,1-3H3,(H,21,23)(H,24,25). The summed E-state index contributed by atoms with van der Waals surface area (Å²) >= 11 is 1.47. The molecule has 3 rings (SSSR count). The summed E-state index contributed by atoms with van der Waals surface area (Å²) in [4.78, 5) is 27.6. The number of fused-ring (bicyclic) bond motifs is 1. The van der Waals surface area contributed by atoms with Gasteiger partial charge >= 0.3 is 5.97 Å². The number of hydrogen-bond acceptors (Lipinski definition) is 4. The number of carboxylic acids is 1.